The van der Waals surface area contributed by atoms with Crippen LogP contribution in [-0.2, 0) is 11.8 Å². The van der Waals surface area contributed by atoms with E-state index in [0.717, 1.165) is 30.6 Å². The summed E-state index contributed by atoms with van der Waals surface area (Å²) in [4.78, 5) is 29.5. The maximum atomic E-state index is 12.2. The Balaban J connectivity index is 1.95. The average molecular weight is 309 g/mol. The van der Waals surface area contributed by atoms with Crippen molar-refractivity contribution in [2.45, 2.75) is 29.7 Å². The van der Waals surface area contributed by atoms with Crippen molar-refractivity contribution in [3.05, 3.63) is 21.8 Å². The van der Waals surface area contributed by atoms with Gasteiger partial charge in [-0.3, -0.25) is 14.2 Å². The van der Waals surface area contributed by atoms with E-state index in [0.29, 0.717) is 10.5 Å². The zero-order valence-electron chi connectivity index (χ0n) is 11.1. The minimum absolute atomic E-state index is 0.0484. The standard InChI is InChI=1S/C13H15N3O2S2/c1-16-12(18)8-5-7-19-11(8)15-13(16)20-9-4-2-3-6-14-10(9)17/h5,7,9H,2-4,6H2,1H3,(H,14,17). The summed E-state index contributed by atoms with van der Waals surface area (Å²) in [5.74, 6) is 0.0491. The number of nitrogens with zero attached hydrogens (tertiary/aromatic N) is 2. The van der Waals surface area contributed by atoms with Gasteiger partial charge in [-0.05, 0) is 24.3 Å². The third-order valence-corrected chi connectivity index (χ3v) is 5.51. The highest BCUT2D eigenvalue weighted by atomic mass is 32.2. The van der Waals surface area contributed by atoms with Crippen molar-refractivity contribution in [3.8, 4) is 0 Å². The molecule has 1 aliphatic rings. The van der Waals surface area contributed by atoms with Gasteiger partial charge in [0.15, 0.2) is 5.16 Å². The van der Waals surface area contributed by atoms with Gasteiger partial charge in [0.2, 0.25) is 5.91 Å². The van der Waals surface area contributed by atoms with Crippen LogP contribution in [0.15, 0.2) is 21.4 Å². The highest BCUT2D eigenvalue weighted by molar-refractivity contribution is 8.00. The summed E-state index contributed by atoms with van der Waals surface area (Å²) in [6.45, 7) is 0.742. The molecule has 20 heavy (non-hydrogen) atoms. The molecular weight excluding hydrogens is 294 g/mol. The second kappa shape index (κ2) is 5.57. The molecular formula is C13H15N3O2S2. The lowest BCUT2D eigenvalue weighted by molar-refractivity contribution is -0.120. The van der Waals surface area contributed by atoms with Crippen LogP contribution in [0, 0.1) is 0 Å². The van der Waals surface area contributed by atoms with E-state index in [1.54, 1.807) is 13.1 Å². The fraction of sp³-hybridized carbons (Fsp3) is 0.462. The average Bonchev–Trinajstić information content (AvgIpc) is 2.81. The Morgan fingerprint density at radius 1 is 1.45 bits per heavy atom. The van der Waals surface area contributed by atoms with Gasteiger partial charge in [-0.15, -0.1) is 11.3 Å². The van der Waals surface area contributed by atoms with Crippen LogP contribution in [0.2, 0.25) is 0 Å². The molecule has 1 saturated heterocycles. The Bertz CT molecular complexity index is 707. The van der Waals surface area contributed by atoms with Gasteiger partial charge in [-0.2, -0.15) is 0 Å². The Kier molecular flexibility index (Phi) is 3.80. The molecule has 1 unspecified atom stereocenters. The fourth-order valence-corrected chi connectivity index (χ4v) is 4.16. The van der Waals surface area contributed by atoms with Crippen molar-refractivity contribution in [2.24, 2.45) is 7.05 Å². The van der Waals surface area contributed by atoms with Crippen molar-refractivity contribution in [1.29, 1.82) is 0 Å². The van der Waals surface area contributed by atoms with Crippen LogP contribution in [0.1, 0.15) is 19.3 Å². The second-order valence-electron chi connectivity index (χ2n) is 4.79. The second-order valence-corrected chi connectivity index (χ2v) is 6.86. The molecule has 2 aromatic heterocycles. The molecule has 2 aromatic rings. The normalized spacial score (nSPS) is 19.9. The van der Waals surface area contributed by atoms with Crippen LogP contribution in [0.5, 0.6) is 0 Å². The van der Waals surface area contributed by atoms with Crippen LogP contribution in [0.3, 0.4) is 0 Å². The number of hydrogen-bond donors (Lipinski definition) is 1. The van der Waals surface area contributed by atoms with Gasteiger partial charge in [-0.25, -0.2) is 4.98 Å². The minimum atomic E-state index is -0.159. The zero-order valence-corrected chi connectivity index (χ0v) is 12.7. The topological polar surface area (TPSA) is 64.0 Å². The lowest BCUT2D eigenvalue weighted by Gasteiger charge is -2.14. The number of aromatic nitrogens is 2. The zero-order chi connectivity index (χ0) is 14.1. The highest BCUT2D eigenvalue weighted by Gasteiger charge is 2.24. The quantitative estimate of drug-likeness (QED) is 0.859. The number of thiophene rings is 1. The van der Waals surface area contributed by atoms with Crippen molar-refractivity contribution in [3.63, 3.8) is 0 Å². The van der Waals surface area contributed by atoms with Crippen molar-refractivity contribution >= 4 is 39.2 Å². The molecule has 0 saturated carbocycles. The van der Waals surface area contributed by atoms with Crippen LogP contribution in [-0.4, -0.2) is 27.3 Å². The molecule has 106 valence electrons. The fourth-order valence-electron chi connectivity index (χ4n) is 2.24. The minimum Gasteiger partial charge on any atom is -0.355 e. The number of nitrogens with one attached hydrogen (secondary N) is 1. The Hall–Kier alpha value is -1.34. The van der Waals surface area contributed by atoms with E-state index in [4.69, 9.17) is 0 Å². The van der Waals surface area contributed by atoms with Crippen molar-refractivity contribution < 1.29 is 4.79 Å². The lowest BCUT2D eigenvalue weighted by Crippen LogP contribution is -2.31. The molecule has 5 nitrogen and oxygen atoms in total. The molecule has 0 aromatic carbocycles. The summed E-state index contributed by atoms with van der Waals surface area (Å²) in [6.07, 6.45) is 2.86. The van der Waals surface area contributed by atoms with Crippen LogP contribution in [0.25, 0.3) is 10.2 Å². The Labute approximate surface area is 124 Å². The summed E-state index contributed by atoms with van der Waals surface area (Å²) >= 11 is 2.84. The predicted molar refractivity (Wildman–Crippen MR) is 81.4 cm³/mol. The molecule has 7 heteroatoms. The number of hydrogen-bond acceptors (Lipinski definition) is 5. The third-order valence-electron chi connectivity index (χ3n) is 3.40. The molecule has 0 bridgehead atoms. The summed E-state index contributed by atoms with van der Waals surface area (Å²) in [5.41, 5.74) is -0.0484. The first kappa shape index (κ1) is 13.6. The summed E-state index contributed by atoms with van der Waals surface area (Å²) < 4.78 is 1.54. The van der Waals surface area contributed by atoms with Crippen LogP contribution < -0.4 is 10.9 Å². The lowest BCUT2D eigenvalue weighted by atomic mass is 10.2. The monoisotopic (exact) mass is 309 g/mol. The van der Waals surface area contributed by atoms with E-state index in [9.17, 15) is 9.59 Å². The van der Waals surface area contributed by atoms with Gasteiger partial charge < -0.3 is 5.32 Å². The van der Waals surface area contributed by atoms with Crippen molar-refractivity contribution in [2.75, 3.05) is 6.54 Å². The van der Waals surface area contributed by atoms with Gasteiger partial charge in [0, 0.05) is 13.6 Å². The van der Waals surface area contributed by atoms with E-state index in [-0.39, 0.29) is 16.7 Å². The SMILES string of the molecule is Cn1c(SC2CCCCNC2=O)nc2sccc2c1=O. The van der Waals surface area contributed by atoms with Gasteiger partial charge in [-0.1, -0.05) is 18.2 Å². The molecule has 1 aliphatic heterocycles. The van der Waals surface area contributed by atoms with Crippen molar-refractivity contribution in [1.82, 2.24) is 14.9 Å². The number of carbonyl (C=O) groups excluding carboxylic acids is 1. The Morgan fingerprint density at radius 2 is 2.30 bits per heavy atom. The third kappa shape index (κ3) is 2.47. The first-order chi connectivity index (χ1) is 9.66. The van der Waals surface area contributed by atoms with Gasteiger partial charge >= 0.3 is 0 Å². The van der Waals surface area contributed by atoms with Gasteiger partial charge in [0.25, 0.3) is 5.56 Å². The van der Waals surface area contributed by atoms with Gasteiger partial charge in [0.1, 0.15) is 4.83 Å². The van der Waals surface area contributed by atoms with Crippen LogP contribution in [0.4, 0.5) is 0 Å². The number of amides is 1. The van der Waals surface area contributed by atoms with E-state index in [1.165, 1.54) is 27.7 Å². The van der Waals surface area contributed by atoms with Gasteiger partial charge in [0.05, 0.1) is 10.6 Å². The number of fused-ring (bicyclic) bond motifs is 1. The van der Waals surface area contributed by atoms with E-state index < -0.39 is 0 Å². The summed E-state index contributed by atoms with van der Waals surface area (Å²) in [5, 5.41) is 5.88. The highest BCUT2D eigenvalue weighted by Crippen LogP contribution is 2.27. The first-order valence-electron chi connectivity index (χ1n) is 6.55. The first-order valence-corrected chi connectivity index (χ1v) is 8.31. The molecule has 3 rings (SSSR count). The number of carbonyl (C=O) groups is 1. The number of thioether (sulfide) groups is 1. The van der Waals surface area contributed by atoms with E-state index in [2.05, 4.69) is 10.3 Å². The predicted octanol–water partition coefficient (Wildman–Crippen LogP) is 1.76. The molecule has 0 aliphatic carbocycles. The smallest absolute Gasteiger partial charge is 0.262 e. The number of rotatable bonds is 2. The summed E-state index contributed by atoms with van der Waals surface area (Å²) in [7, 11) is 1.71. The maximum absolute atomic E-state index is 12.2. The Morgan fingerprint density at radius 3 is 3.15 bits per heavy atom. The molecule has 3 heterocycles. The largest absolute Gasteiger partial charge is 0.355 e. The molecule has 1 fully saturated rings. The molecule has 1 N–H and O–H groups in total. The molecule has 0 radical (unpaired) electrons. The molecule has 1 atom stereocenters. The summed E-state index contributed by atoms with van der Waals surface area (Å²) in [6, 6.07) is 1.79. The molecule has 0 spiro atoms. The van der Waals surface area contributed by atoms with E-state index >= 15 is 0 Å². The maximum Gasteiger partial charge on any atom is 0.262 e. The van der Waals surface area contributed by atoms with Crippen LogP contribution >= 0.6 is 23.1 Å². The van der Waals surface area contributed by atoms with E-state index in [1.807, 2.05) is 5.38 Å². The molecule has 1 amide bonds.